The van der Waals surface area contributed by atoms with Crippen LogP contribution in [0.4, 0.5) is 10.1 Å². The van der Waals surface area contributed by atoms with Crippen LogP contribution in [0.1, 0.15) is 44.9 Å². The van der Waals surface area contributed by atoms with Crippen LogP contribution in [0.25, 0.3) is 10.9 Å². The highest BCUT2D eigenvalue weighted by atomic mass is 19.1. The monoisotopic (exact) mass is 442 g/mol. The van der Waals surface area contributed by atoms with Crippen LogP contribution in [-0.2, 0) is 28.0 Å². The molecule has 0 aliphatic heterocycles. The molecule has 32 heavy (non-hydrogen) atoms. The number of hydrogen-bond donors (Lipinski definition) is 2. The van der Waals surface area contributed by atoms with Gasteiger partial charge in [0.1, 0.15) is 5.82 Å². The SMILES string of the molecule is CCCCOCC(C)(C)c1cc2cc(N)c(F)cc2n1CC(O)COCc1ccccc1. The molecule has 0 radical (unpaired) electrons. The number of halogens is 1. The van der Waals surface area contributed by atoms with Crippen molar-refractivity contribution in [2.75, 3.05) is 25.6 Å². The van der Waals surface area contributed by atoms with Crippen LogP contribution in [0, 0.1) is 5.82 Å². The minimum Gasteiger partial charge on any atom is -0.396 e. The molecule has 1 unspecified atom stereocenters. The smallest absolute Gasteiger partial charge is 0.148 e. The number of benzene rings is 2. The number of rotatable bonds is 12. The van der Waals surface area contributed by atoms with Gasteiger partial charge in [-0.1, -0.05) is 57.5 Å². The first-order chi connectivity index (χ1) is 15.3. The minimum absolute atomic E-state index is 0.116. The maximum Gasteiger partial charge on any atom is 0.148 e. The molecule has 0 amide bonds. The van der Waals surface area contributed by atoms with Crippen molar-refractivity contribution < 1.29 is 19.0 Å². The summed E-state index contributed by atoms with van der Waals surface area (Å²) in [4.78, 5) is 0. The Kier molecular flexibility index (Phi) is 8.29. The van der Waals surface area contributed by atoms with Crippen LogP contribution in [0.2, 0.25) is 0 Å². The Labute approximate surface area is 189 Å². The predicted molar refractivity (Wildman–Crippen MR) is 127 cm³/mol. The number of hydrogen-bond acceptors (Lipinski definition) is 4. The number of nitrogens with zero attached hydrogens (tertiary/aromatic N) is 1. The van der Waals surface area contributed by atoms with E-state index in [-0.39, 0.29) is 24.3 Å². The van der Waals surface area contributed by atoms with Crippen molar-refractivity contribution in [3.63, 3.8) is 0 Å². The van der Waals surface area contributed by atoms with E-state index in [1.165, 1.54) is 6.07 Å². The van der Waals surface area contributed by atoms with E-state index in [0.717, 1.165) is 29.5 Å². The lowest BCUT2D eigenvalue weighted by Gasteiger charge is -2.28. The van der Waals surface area contributed by atoms with E-state index in [9.17, 15) is 9.50 Å². The van der Waals surface area contributed by atoms with Crippen LogP contribution >= 0.6 is 0 Å². The Balaban J connectivity index is 1.79. The summed E-state index contributed by atoms with van der Waals surface area (Å²) in [5.74, 6) is -0.463. The second-order valence-electron chi connectivity index (χ2n) is 9.02. The number of aliphatic hydroxyl groups excluding tert-OH is 1. The summed E-state index contributed by atoms with van der Waals surface area (Å²) in [7, 11) is 0. The molecule has 1 heterocycles. The number of unbranched alkanes of at least 4 members (excludes halogenated alkanes) is 1. The average Bonchev–Trinajstić information content (AvgIpc) is 3.10. The fraction of sp³-hybridized carbons (Fsp3) is 0.462. The number of nitrogens with two attached hydrogens (primary N) is 1. The lowest BCUT2D eigenvalue weighted by atomic mass is 9.90. The van der Waals surface area contributed by atoms with E-state index in [0.29, 0.717) is 25.3 Å². The summed E-state index contributed by atoms with van der Waals surface area (Å²) in [5.41, 5.74) is 8.32. The lowest BCUT2D eigenvalue weighted by molar-refractivity contribution is 0.0196. The highest BCUT2D eigenvalue weighted by Crippen LogP contribution is 2.32. The molecule has 1 aromatic heterocycles. The Morgan fingerprint density at radius 2 is 1.88 bits per heavy atom. The van der Waals surface area contributed by atoms with E-state index >= 15 is 0 Å². The zero-order valence-electron chi connectivity index (χ0n) is 19.3. The van der Waals surface area contributed by atoms with Gasteiger partial charge in [-0.25, -0.2) is 4.39 Å². The maximum atomic E-state index is 14.3. The third-order valence-electron chi connectivity index (χ3n) is 5.63. The van der Waals surface area contributed by atoms with Gasteiger partial charge in [0, 0.05) is 29.2 Å². The van der Waals surface area contributed by atoms with Gasteiger partial charge in [0.05, 0.1) is 43.7 Å². The summed E-state index contributed by atoms with van der Waals surface area (Å²) in [6.45, 7) is 8.46. The predicted octanol–water partition coefficient (Wildman–Crippen LogP) is 5.03. The molecule has 1 atom stereocenters. The molecule has 0 aliphatic rings. The Hall–Kier alpha value is -2.41. The molecule has 3 aromatic rings. The van der Waals surface area contributed by atoms with Crippen molar-refractivity contribution in [2.45, 2.75) is 58.3 Å². The van der Waals surface area contributed by atoms with Crippen molar-refractivity contribution in [1.82, 2.24) is 4.57 Å². The fourth-order valence-corrected chi connectivity index (χ4v) is 3.86. The number of fused-ring (bicyclic) bond motifs is 1. The molecule has 0 bridgehead atoms. The molecule has 0 saturated carbocycles. The van der Waals surface area contributed by atoms with Crippen LogP contribution in [0.5, 0.6) is 0 Å². The topological polar surface area (TPSA) is 69.6 Å². The van der Waals surface area contributed by atoms with Crippen molar-refractivity contribution in [1.29, 1.82) is 0 Å². The summed E-state index contributed by atoms with van der Waals surface area (Å²) in [6, 6.07) is 15.0. The molecule has 5 nitrogen and oxygen atoms in total. The van der Waals surface area contributed by atoms with Crippen LogP contribution in [0.3, 0.4) is 0 Å². The second-order valence-corrected chi connectivity index (χ2v) is 9.02. The van der Waals surface area contributed by atoms with Gasteiger partial charge in [-0.2, -0.15) is 0 Å². The van der Waals surface area contributed by atoms with Crippen molar-refractivity contribution in [2.24, 2.45) is 0 Å². The quantitative estimate of drug-likeness (QED) is 0.305. The van der Waals surface area contributed by atoms with Gasteiger partial charge in [-0.3, -0.25) is 0 Å². The van der Waals surface area contributed by atoms with E-state index in [4.69, 9.17) is 15.2 Å². The summed E-state index contributed by atoms with van der Waals surface area (Å²) >= 11 is 0. The van der Waals surface area contributed by atoms with Crippen molar-refractivity contribution in [3.8, 4) is 0 Å². The number of aromatic nitrogens is 1. The first-order valence-electron chi connectivity index (χ1n) is 11.3. The fourth-order valence-electron chi connectivity index (χ4n) is 3.86. The van der Waals surface area contributed by atoms with Gasteiger partial charge in [0.15, 0.2) is 0 Å². The molecule has 3 N–H and O–H groups in total. The molecule has 3 rings (SSSR count). The molecule has 2 aromatic carbocycles. The van der Waals surface area contributed by atoms with E-state index in [1.54, 1.807) is 6.07 Å². The normalized spacial score (nSPS) is 13.0. The van der Waals surface area contributed by atoms with Crippen LogP contribution < -0.4 is 5.73 Å². The number of anilines is 1. The lowest BCUT2D eigenvalue weighted by Crippen LogP contribution is -2.31. The highest BCUT2D eigenvalue weighted by molar-refractivity contribution is 5.85. The molecule has 174 valence electrons. The van der Waals surface area contributed by atoms with Gasteiger partial charge in [0.2, 0.25) is 0 Å². The second kappa shape index (κ2) is 10.9. The Bertz CT molecular complexity index is 1000. The first-order valence-corrected chi connectivity index (χ1v) is 11.3. The largest absolute Gasteiger partial charge is 0.396 e. The number of aliphatic hydroxyl groups is 1. The zero-order chi connectivity index (χ0) is 23.1. The van der Waals surface area contributed by atoms with E-state index < -0.39 is 11.9 Å². The molecular formula is C26H35FN2O3. The van der Waals surface area contributed by atoms with E-state index in [2.05, 4.69) is 20.8 Å². The molecule has 0 aliphatic carbocycles. The standard InChI is InChI=1S/C26H35FN2O3/c1-4-5-11-31-18-26(2,3)25-13-20-12-23(28)22(27)14-24(20)29(25)15-21(30)17-32-16-19-9-7-6-8-10-19/h6-10,12-14,21,30H,4-5,11,15-18,28H2,1-3H3. The summed E-state index contributed by atoms with van der Waals surface area (Å²) < 4.78 is 27.9. The summed E-state index contributed by atoms with van der Waals surface area (Å²) in [5, 5.41) is 11.6. The van der Waals surface area contributed by atoms with Gasteiger partial charge in [-0.15, -0.1) is 0 Å². The number of ether oxygens (including phenoxy) is 2. The van der Waals surface area contributed by atoms with Gasteiger partial charge < -0.3 is 24.9 Å². The van der Waals surface area contributed by atoms with E-state index in [1.807, 2.05) is 41.0 Å². The molecular weight excluding hydrogens is 407 g/mol. The van der Waals surface area contributed by atoms with Gasteiger partial charge in [0.25, 0.3) is 0 Å². The van der Waals surface area contributed by atoms with Gasteiger partial charge in [-0.05, 0) is 24.1 Å². The molecule has 0 spiro atoms. The summed E-state index contributed by atoms with van der Waals surface area (Å²) in [6.07, 6.45) is 1.35. The Morgan fingerprint density at radius 1 is 1.12 bits per heavy atom. The van der Waals surface area contributed by atoms with Crippen molar-refractivity contribution >= 4 is 16.6 Å². The van der Waals surface area contributed by atoms with Crippen LogP contribution in [-0.4, -0.2) is 35.6 Å². The average molecular weight is 443 g/mol. The maximum absolute atomic E-state index is 14.3. The third kappa shape index (κ3) is 6.09. The molecule has 6 heteroatoms. The molecule has 0 saturated heterocycles. The minimum atomic E-state index is -0.745. The van der Waals surface area contributed by atoms with Crippen LogP contribution in [0.15, 0.2) is 48.5 Å². The number of nitrogen functional groups attached to an aromatic ring is 1. The zero-order valence-corrected chi connectivity index (χ0v) is 19.3. The molecule has 0 fully saturated rings. The van der Waals surface area contributed by atoms with Gasteiger partial charge >= 0.3 is 0 Å². The third-order valence-corrected chi connectivity index (χ3v) is 5.63. The first kappa shape index (κ1) is 24.2. The Morgan fingerprint density at radius 3 is 2.59 bits per heavy atom. The highest BCUT2D eigenvalue weighted by Gasteiger charge is 2.27. The van der Waals surface area contributed by atoms with Crippen molar-refractivity contribution in [3.05, 3.63) is 65.6 Å².